The molecule has 1 aromatic heterocycles. The number of para-hydroxylation sites is 1. The molecule has 6 nitrogen and oxygen atoms in total. The van der Waals surface area contributed by atoms with Gasteiger partial charge in [-0.3, -0.25) is 4.79 Å². The zero-order chi connectivity index (χ0) is 15.1. The molecule has 2 atom stereocenters. The molecular formula is C15H16N2O4. The van der Waals surface area contributed by atoms with E-state index in [4.69, 9.17) is 4.74 Å². The summed E-state index contributed by atoms with van der Waals surface area (Å²) < 4.78 is 5.11. The second kappa shape index (κ2) is 4.89. The Labute approximate surface area is 121 Å². The minimum absolute atomic E-state index is 0.281. The van der Waals surface area contributed by atoms with E-state index >= 15 is 0 Å². The van der Waals surface area contributed by atoms with Crippen LogP contribution in [0.4, 0.5) is 0 Å². The van der Waals surface area contributed by atoms with Crippen molar-refractivity contribution in [3.63, 3.8) is 0 Å². The van der Waals surface area contributed by atoms with E-state index in [0.717, 1.165) is 16.5 Å². The summed E-state index contributed by atoms with van der Waals surface area (Å²) in [6, 6.07) is 6.62. The quantitative estimate of drug-likeness (QED) is 0.895. The molecule has 1 aliphatic heterocycles. The van der Waals surface area contributed by atoms with Gasteiger partial charge < -0.3 is 19.7 Å². The average molecular weight is 288 g/mol. The molecule has 1 aliphatic rings. The van der Waals surface area contributed by atoms with Crippen LogP contribution >= 0.6 is 0 Å². The molecule has 2 N–H and O–H groups in total. The lowest BCUT2D eigenvalue weighted by atomic mass is 10.1. The number of rotatable bonds is 4. The summed E-state index contributed by atoms with van der Waals surface area (Å²) in [4.78, 5) is 28.4. The number of nitrogens with zero attached hydrogens (tertiary/aromatic N) is 1. The summed E-state index contributed by atoms with van der Waals surface area (Å²) in [7, 11) is 1.44. The number of nitrogens with one attached hydrogen (secondary N) is 1. The van der Waals surface area contributed by atoms with Crippen LogP contribution < -0.4 is 0 Å². The van der Waals surface area contributed by atoms with Crippen LogP contribution in [0.5, 0.6) is 0 Å². The first-order valence-electron chi connectivity index (χ1n) is 6.70. The van der Waals surface area contributed by atoms with E-state index in [1.807, 2.05) is 24.3 Å². The van der Waals surface area contributed by atoms with E-state index in [1.165, 1.54) is 12.0 Å². The number of carboxylic acid groups (broad SMARTS) is 1. The minimum atomic E-state index is -1.06. The number of hydrogen-bond acceptors (Lipinski definition) is 3. The van der Waals surface area contributed by atoms with Crippen molar-refractivity contribution in [3.8, 4) is 0 Å². The molecule has 3 rings (SSSR count). The highest BCUT2D eigenvalue weighted by Gasteiger charge is 2.41. The van der Waals surface area contributed by atoms with Crippen LogP contribution in [0.2, 0.25) is 0 Å². The van der Waals surface area contributed by atoms with Crippen LogP contribution in [0.1, 0.15) is 23.0 Å². The van der Waals surface area contributed by atoms with Crippen molar-refractivity contribution in [2.75, 3.05) is 7.11 Å². The molecule has 2 aromatic rings. The average Bonchev–Trinajstić information content (AvgIpc) is 2.97. The number of aromatic nitrogens is 1. The van der Waals surface area contributed by atoms with Gasteiger partial charge >= 0.3 is 5.97 Å². The van der Waals surface area contributed by atoms with E-state index in [-0.39, 0.29) is 12.5 Å². The first-order chi connectivity index (χ1) is 10.0. The van der Waals surface area contributed by atoms with Crippen LogP contribution in [0.3, 0.4) is 0 Å². The van der Waals surface area contributed by atoms with Gasteiger partial charge in [-0.25, -0.2) is 4.79 Å². The summed E-state index contributed by atoms with van der Waals surface area (Å²) in [6.07, 6.45) is -0.582. The molecule has 0 bridgehead atoms. The van der Waals surface area contributed by atoms with Gasteiger partial charge in [0.15, 0.2) is 6.04 Å². The van der Waals surface area contributed by atoms with Crippen molar-refractivity contribution in [2.45, 2.75) is 25.6 Å². The molecule has 0 fully saturated rings. The van der Waals surface area contributed by atoms with Gasteiger partial charge in [-0.1, -0.05) is 18.2 Å². The van der Waals surface area contributed by atoms with Crippen LogP contribution in [-0.4, -0.2) is 46.1 Å². The summed E-state index contributed by atoms with van der Waals surface area (Å²) in [5.74, 6) is -1.36. The maximum atomic E-state index is 12.5. The van der Waals surface area contributed by atoms with Crippen LogP contribution in [0.15, 0.2) is 24.3 Å². The summed E-state index contributed by atoms with van der Waals surface area (Å²) in [5, 5.41) is 10.4. The molecule has 0 saturated heterocycles. The van der Waals surface area contributed by atoms with E-state index in [0.29, 0.717) is 5.69 Å². The molecule has 2 heterocycles. The lowest BCUT2D eigenvalue weighted by Gasteiger charge is -2.28. The number of fused-ring (bicyclic) bond motifs is 3. The van der Waals surface area contributed by atoms with Crippen molar-refractivity contribution >= 4 is 22.8 Å². The van der Waals surface area contributed by atoms with Gasteiger partial charge in [-0.2, -0.15) is 0 Å². The highest BCUT2D eigenvalue weighted by molar-refractivity contribution is 6.05. The molecule has 6 heteroatoms. The second-order valence-electron chi connectivity index (χ2n) is 5.18. The van der Waals surface area contributed by atoms with Crippen LogP contribution in [-0.2, 0) is 16.1 Å². The summed E-state index contributed by atoms with van der Waals surface area (Å²) >= 11 is 0. The topological polar surface area (TPSA) is 82.6 Å². The van der Waals surface area contributed by atoms with Crippen molar-refractivity contribution < 1.29 is 19.4 Å². The van der Waals surface area contributed by atoms with Crippen molar-refractivity contribution in [1.29, 1.82) is 0 Å². The Morgan fingerprint density at radius 2 is 2.14 bits per heavy atom. The van der Waals surface area contributed by atoms with Crippen molar-refractivity contribution in [2.24, 2.45) is 0 Å². The van der Waals surface area contributed by atoms with Crippen LogP contribution in [0.25, 0.3) is 10.9 Å². The largest absolute Gasteiger partial charge is 0.480 e. The third-order valence-electron chi connectivity index (χ3n) is 4.02. The molecule has 2 unspecified atom stereocenters. The standard InChI is InChI=1S/C15H16N2O4/c1-8(21-2)13(15(19)20)17-7-10-9-5-3-4-6-11(9)16-12(10)14(17)18/h3-6,8,13,16H,7H2,1-2H3,(H,19,20). The van der Waals surface area contributed by atoms with Gasteiger partial charge in [0, 0.05) is 30.1 Å². The van der Waals surface area contributed by atoms with Gasteiger partial charge in [0.2, 0.25) is 0 Å². The van der Waals surface area contributed by atoms with Gasteiger partial charge in [0.05, 0.1) is 6.10 Å². The normalized spacial score (nSPS) is 17.0. The molecule has 0 spiro atoms. The number of benzene rings is 1. The Balaban J connectivity index is 2.01. The van der Waals surface area contributed by atoms with Crippen molar-refractivity contribution in [3.05, 3.63) is 35.5 Å². The Kier molecular flexibility index (Phi) is 3.17. The number of carbonyl (C=O) groups is 2. The Morgan fingerprint density at radius 1 is 1.43 bits per heavy atom. The predicted octanol–water partition coefficient (Wildman–Crippen LogP) is 1.61. The summed E-state index contributed by atoms with van der Waals surface area (Å²) in [5.41, 5.74) is 2.22. The number of H-pyrrole nitrogens is 1. The van der Waals surface area contributed by atoms with Gasteiger partial charge in [-0.15, -0.1) is 0 Å². The zero-order valence-corrected chi connectivity index (χ0v) is 11.8. The third-order valence-corrected chi connectivity index (χ3v) is 4.02. The maximum absolute atomic E-state index is 12.5. The van der Waals surface area contributed by atoms with E-state index in [2.05, 4.69) is 4.98 Å². The fraction of sp³-hybridized carbons (Fsp3) is 0.333. The minimum Gasteiger partial charge on any atom is -0.480 e. The monoisotopic (exact) mass is 288 g/mol. The molecular weight excluding hydrogens is 272 g/mol. The van der Waals surface area contributed by atoms with E-state index in [9.17, 15) is 14.7 Å². The number of ether oxygens (including phenoxy) is 1. The molecule has 0 aliphatic carbocycles. The van der Waals surface area contributed by atoms with E-state index < -0.39 is 18.1 Å². The number of carboxylic acids is 1. The number of aromatic amines is 1. The first kappa shape index (κ1) is 13.6. The fourth-order valence-corrected chi connectivity index (χ4v) is 2.87. The molecule has 21 heavy (non-hydrogen) atoms. The van der Waals surface area contributed by atoms with E-state index in [1.54, 1.807) is 6.92 Å². The van der Waals surface area contributed by atoms with Gasteiger partial charge in [-0.05, 0) is 13.0 Å². The van der Waals surface area contributed by atoms with Crippen LogP contribution in [0, 0.1) is 0 Å². The predicted molar refractivity (Wildman–Crippen MR) is 76.1 cm³/mol. The SMILES string of the molecule is COC(C)C(C(=O)O)N1Cc2c([nH]c3ccccc23)C1=O. The number of amides is 1. The highest BCUT2D eigenvalue weighted by Crippen LogP contribution is 2.32. The molecule has 1 aromatic carbocycles. The number of methoxy groups -OCH3 is 1. The number of carbonyl (C=O) groups excluding carboxylic acids is 1. The first-order valence-corrected chi connectivity index (χ1v) is 6.70. The summed E-state index contributed by atoms with van der Waals surface area (Å²) in [6.45, 7) is 1.93. The fourth-order valence-electron chi connectivity index (χ4n) is 2.87. The van der Waals surface area contributed by atoms with Crippen molar-refractivity contribution in [1.82, 2.24) is 9.88 Å². The number of hydrogen-bond donors (Lipinski definition) is 2. The highest BCUT2D eigenvalue weighted by atomic mass is 16.5. The third kappa shape index (κ3) is 1.99. The molecule has 110 valence electrons. The zero-order valence-electron chi connectivity index (χ0n) is 11.8. The number of aliphatic carboxylic acids is 1. The Bertz CT molecular complexity index is 722. The molecule has 0 saturated carbocycles. The van der Waals surface area contributed by atoms with Gasteiger partial charge in [0.25, 0.3) is 5.91 Å². The molecule has 0 radical (unpaired) electrons. The maximum Gasteiger partial charge on any atom is 0.329 e. The lowest BCUT2D eigenvalue weighted by Crippen LogP contribution is -2.48. The Morgan fingerprint density at radius 3 is 2.81 bits per heavy atom. The lowest BCUT2D eigenvalue weighted by molar-refractivity contribution is -0.147. The van der Waals surface area contributed by atoms with Gasteiger partial charge in [0.1, 0.15) is 5.69 Å². The smallest absolute Gasteiger partial charge is 0.329 e. The molecule has 1 amide bonds. The Hall–Kier alpha value is -2.34. The second-order valence-corrected chi connectivity index (χ2v) is 5.18.